The standard InChI is InChI=1S/C18H31NO6S2/c1-3-23-16(21)13-18(7-5-4-6-8-18)14-19-17(22)25-10-12-27-26-11-9-24-15(2)20/h3-14H2,1-2H3,(H,19,22). The summed E-state index contributed by atoms with van der Waals surface area (Å²) in [5.41, 5.74) is -0.217. The highest BCUT2D eigenvalue weighted by Gasteiger charge is 2.35. The van der Waals surface area contributed by atoms with Crippen molar-refractivity contribution in [3.8, 4) is 0 Å². The lowest BCUT2D eigenvalue weighted by atomic mass is 9.72. The van der Waals surface area contributed by atoms with Gasteiger partial charge in [0.2, 0.25) is 0 Å². The van der Waals surface area contributed by atoms with Gasteiger partial charge in [-0.25, -0.2) is 4.79 Å². The molecule has 0 aromatic rings. The average Bonchev–Trinajstić information content (AvgIpc) is 2.63. The van der Waals surface area contributed by atoms with Crippen molar-refractivity contribution in [1.82, 2.24) is 5.32 Å². The zero-order chi connectivity index (χ0) is 20.0. The van der Waals surface area contributed by atoms with Crippen molar-refractivity contribution in [3.63, 3.8) is 0 Å². The average molecular weight is 422 g/mol. The van der Waals surface area contributed by atoms with Crippen LogP contribution in [0.15, 0.2) is 0 Å². The predicted octanol–water partition coefficient (Wildman–Crippen LogP) is 3.56. The van der Waals surface area contributed by atoms with E-state index in [1.54, 1.807) is 28.5 Å². The lowest BCUT2D eigenvalue weighted by Gasteiger charge is -2.36. The Balaban J connectivity index is 2.20. The molecular weight excluding hydrogens is 390 g/mol. The van der Waals surface area contributed by atoms with Crippen molar-refractivity contribution < 1.29 is 28.6 Å². The number of alkyl carbamates (subject to hydrolysis) is 1. The second kappa shape index (κ2) is 14.0. The van der Waals surface area contributed by atoms with E-state index in [1.165, 1.54) is 13.3 Å². The van der Waals surface area contributed by atoms with Gasteiger partial charge >= 0.3 is 18.0 Å². The largest absolute Gasteiger partial charge is 0.466 e. The van der Waals surface area contributed by atoms with Crippen LogP contribution in [0, 0.1) is 5.41 Å². The Morgan fingerprint density at radius 3 is 2.19 bits per heavy atom. The lowest BCUT2D eigenvalue weighted by molar-refractivity contribution is -0.146. The molecule has 1 aliphatic rings. The van der Waals surface area contributed by atoms with Gasteiger partial charge in [0.15, 0.2) is 0 Å². The molecule has 1 saturated carbocycles. The number of esters is 2. The molecule has 0 atom stereocenters. The quantitative estimate of drug-likeness (QED) is 0.221. The summed E-state index contributed by atoms with van der Waals surface area (Å²) in [6.45, 7) is 4.69. The van der Waals surface area contributed by atoms with Gasteiger partial charge in [0.1, 0.15) is 13.2 Å². The fourth-order valence-electron chi connectivity index (χ4n) is 3.05. The highest BCUT2D eigenvalue weighted by molar-refractivity contribution is 8.76. The van der Waals surface area contributed by atoms with Crippen LogP contribution in [0.3, 0.4) is 0 Å². The Hall–Kier alpha value is -1.09. The van der Waals surface area contributed by atoms with Gasteiger partial charge in [0, 0.05) is 25.0 Å². The first-order chi connectivity index (χ1) is 13.0. The molecule has 1 N–H and O–H groups in total. The normalized spacial score (nSPS) is 15.6. The third-order valence-corrected chi connectivity index (χ3v) is 6.64. The van der Waals surface area contributed by atoms with Crippen LogP contribution in [0.1, 0.15) is 52.4 Å². The van der Waals surface area contributed by atoms with Crippen LogP contribution in [-0.2, 0) is 23.8 Å². The zero-order valence-electron chi connectivity index (χ0n) is 16.3. The van der Waals surface area contributed by atoms with E-state index in [0.717, 1.165) is 25.7 Å². The maximum atomic E-state index is 11.9. The maximum absolute atomic E-state index is 11.9. The molecule has 0 aromatic heterocycles. The number of hydrogen-bond donors (Lipinski definition) is 1. The van der Waals surface area contributed by atoms with Crippen molar-refractivity contribution in [1.29, 1.82) is 0 Å². The summed E-state index contributed by atoms with van der Waals surface area (Å²) >= 11 is 0. The van der Waals surface area contributed by atoms with Gasteiger partial charge < -0.3 is 19.5 Å². The molecule has 9 heteroatoms. The number of carbonyl (C=O) groups excluding carboxylic acids is 3. The molecule has 1 amide bonds. The summed E-state index contributed by atoms with van der Waals surface area (Å²) in [7, 11) is 3.14. The van der Waals surface area contributed by atoms with E-state index < -0.39 is 6.09 Å². The van der Waals surface area contributed by atoms with E-state index in [1.807, 2.05) is 0 Å². The highest BCUT2D eigenvalue weighted by atomic mass is 33.1. The highest BCUT2D eigenvalue weighted by Crippen LogP contribution is 2.39. The third kappa shape index (κ3) is 11.4. The number of carbonyl (C=O) groups is 3. The number of nitrogens with one attached hydrogen (secondary N) is 1. The van der Waals surface area contributed by atoms with Crippen LogP contribution in [0.25, 0.3) is 0 Å². The Morgan fingerprint density at radius 1 is 0.963 bits per heavy atom. The van der Waals surface area contributed by atoms with E-state index in [2.05, 4.69) is 5.32 Å². The molecule has 0 aliphatic heterocycles. The Morgan fingerprint density at radius 2 is 1.59 bits per heavy atom. The first-order valence-corrected chi connectivity index (χ1v) is 11.9. The molecule has 7 nitrogen and oxygen atoms in total. The van der Waals surface area contributed by atoms with Gasteiger partial charge in [-0.15, -0.1) is 0 Å². The topological polar surface area (TPSA) is 90.9 Å². The summed E-state index contributed by atoms with van der Waals surface area (Å²) in [5.74, 6) is 0.884. The van der Waals surface area contributed by atoms with Crippen molar-refractivity contribution in [3.05, 3.63) is 0 Å². The van der Waals surface area contributed by atoms with Crippen LogP contribution in [0.2, 0.25) is 0 Å². The minimum atomic E-state index is -0.450. The Kier molecular flexibility index (Phi) is 12.4. The maximum Gasteiger partial charge on any atom is 0.407 e. The molecule has 0 radical (unpaired) electrons. The van der Waals surface area contributed by atoms with Crippen molar-refractivity contribution >= 4 is 39.6 Å². The molecule has 27 heavy (non-hydrogen) atoms. The van der Waals surface area contributed by atoms with Crippen LogP contribution in [0.4, 0.5) is 4.79 Å². The van der Waals surface area contributed by atoms with Gasteiger partial charge in [-0.2, -0.15) is 0 Å². The molecule has 1 rings (SSSR count). The summed E-state index contributed by atoms with van der Waals surface area (Å²) in [4.78, 5) is 34.5. The van der Waals surface area contributed by atoms with Crippen molar-refractivity contribution in [2.75, 3.05) is 37.9 Å². The summed E-state index contributed by atoms with van der Waals surface area (Å²) in [6, 6.07) is 0. The second-order valence-electron chi connectivity index (χ2n) is 6.52. The van der Waals surface area contributed by atoms with E-state index in [0.29, 0.717) is 44.3 Å². The molecule has 1 fully saturated rings. The van der Waals surface area contributed by atoms with Gasteiger partial charge in [0.05, 0.1) is 13.0 Å². The third-order valence-electron chi connectivity index (χ3n) is 4.30. The Labute approximate surface area is 169 Å². The van der Waals surface area contributed by atoms with Gasteiger partial charge in [-0.3, -0.25) is 9.59 Å². The van der Waals surface area contributed by atoms with Crippen LogP contribution in [-0.4, -0.2) is 55.9 Å². The molecule has 0 bridgehead atoms. The zero-order valence-corrected chi connectivity index (χ0v) is 17.9. The van der Waals surface area contributed by atoms with Gasteiger partial charge in [-0.1, -0.05) is 40.9 Å². The first kappa shape index (κ1) is 23.9. The summed E-state index contributed by atoms with van der Waals surface area (Å²) in [5, 5.41) is 2.82. The first-order valence-electron chi connectivity index (χ1n) is 9.41. The van der Waals surface area contributed by atoms with Gasteiger partial charge in [0.25, 0.3) is 0 Å². The van der Waals surface area contributed by atoms with Crippen LogP contribution in [0.5, 0.6) is 0 Å². The Bertz CT molecular complexity index is 469. The summed E-state index contributed by atoms with van der Waals surface area (Å²) in [6.07, 6.45) is 5.03. The van der Waals surface area contributed by atoms with Gasteiger partial charge in [-0.05, 0) is 25.2 Å². The number of hydrogen-bond acceptors (Lipinski definition) is 8. The van der Waals surface area contributed by atoms with Crippen LogP contribution >= 0.6 is 21.6 Å². The molecule has 0 saturated heterocycles. The summed E-state index contributed by atoms with van der Waals surface area (Å²) < 4.78 is 15.1. The van der Waals surface area contributed by atoms with Crippen molar-refractivity contribution in [2.24, 2.45) is 5.41 Å². The van der Waals surface area contributed by atoms with Crippen LogP contribution < -0.4 is 5.32 Å². The van der Waals surface area contributed by atoms with E-state index in [4.69, 9.17) is 14.2 Å². The smallest absolute Gasteiger partial charge is 0.407 e. The van der Waals surface area contributed by atoms with E-state index in [9.17, 15) is 14.4 Å². The molecule has 0 unspecified atom stereocenters. The molecule has 0 heterocycles. The second-order valence-corrected chi connectivity index (χ2v) is 9.22. The SMILES string of the molecule is CCOC(=O)CC1(CNC(=O)OCCSSCCOC(C)=O)CCCCC1. The molecular formula is C18H31NO6S2. The fraction of sp³-hybridized carbons (Fsp3) is 0.833. The lowest BCUT2D eigenvalue weighted by Crippen LogP contribution is -2.41. The monoisotopic (exact) mass is 421 g/mol. The minimum absolute atomic E-state index is 0.197. The van der Waals surface area contributed by atoms with Crippen molar-refractivity contribution in [2.45, 2.75) is 52.4 Å². The molecule has 0 spiro atoms. The number of rotatable bonds is 12. The fourth-order valence-corrected chi connectivity index (χ4v) is 4.71. The predicted molar refractivity (Wildman–Crippen MR) is 108 cm³/mol. The molecule has 1 aliphatic carbocycles. The minimum Gasteiger partial charge on any atom is -0.466 e. The molecule has 156 valence electrons. The van der Waals surface area contributed by atoms with E-state index >= 15 is 0 Å². The molecule has 0 aromatic carbocycles. The number of ether oxygens (including phenoxy) is 3. The number of amides is 1. The van der Waals surface area contributed by atoms with E-state index in [-0.39, 0.29) is 17.4 Å².